The first-order valence-electron chi connectivity index (χ1n) is 12.8. The van der Waals surface area contributed by atoms with Crippen LogP contribution in [0, 0.1) is 6.92 Å². The number of hydrogen-bond acceptors (Lipinski definition) is 0. The zero-order valence-electron chi connectivity index (χ0n) is 22.0. The fourth-order valence-corrected chi connectivity index (χ4v) is 9.09. The molecular formula is C31H26Si. The first-order valence-corrected chi connectivity index (χ1v) is 12.8. The molecule has 0 aromatic heterocycles. The summed E-state index contributed by atoms with van der Waals surface area (Å²) in [7, 11) is -3.22. The van der Waals surface area contributed by atoms with Gasteiger partial charge in [-0.3, -0.25) is 0 Å². The van der Waals surface area contributed by atoms with Crippen molar-refractivity contribution in [1.82, 2.24) is 0 Å². The van der Waals surface area contributed by atoms with Crippen molar-refractivity contribution in [2.24, 2.45) is 0 Å². The highest BCUT2D eigenvalue weighted by Gasteiger charge is 2.41. The van der Waals surface area contributed by atoms with Crippen LogP contribution in [0.25, 0.3) is 11.1 Å². The van der Waals surface area contributed by atoms with E-state index in [1.165, 1.54) is 0 Å². The molecule has 0 nitrogen and oxygen atoms in total. The van der Waals surface area contributed by atoms with Crippen LogP contribution in [0.3, 0.4) is 0 Å². The Morgan fingerprint density at radius 3 is 1.69 bits per heavy atom. The maximum absolute atomic E-state index is 9.21. The molecule has 154 valence electrons. The lowest BCUT2D eigenvalue weighted by atomic mass is 10.1. The molecule has 0 aliphatic carbocycles. The average Bonchev–Trinajstić information content (AvgIpc) is 2.95. The maximum atomic E-state index is 9.21. The molecular weight excluding hydrogens is 400 g/mol. The van der Waals surface area contributed by atoms with Gasteiger partial charge in [-0.05, 0) is 38.8 Å². The van der Waals surface area contributed by atoms with Crippen LogP contribution < -0.4 is 20.7 Å². The van der Waals surface area contributed by atoms with Crippen LogP contribution >= 0.6 is 0 Å². The highest BCUT2D eigenvalue weighted by Crippen LogP contribution is 2.19. The van der Waals surface area contributed by atoms with Crippen LogP contribution in [0.1, 0.15) is 11.0 Å². The summed E-state index contributed by atoms with van der Waals surface area (Å²) in [6.45, 7) is 1.72. The minimum Gasteiger partial charge on any atom is -0.0623 e. The van der Waals surface area contributed by atoms with Gasteiger partial charge in [-0.15, -0.1) is 0 Å². The fraction of sp³-hybridized carbons (Fsp3) is 0.0323. The molecule has 32 heavy (non-hydrogen) atoms. The second-order valence-electron chi connectivity index (χ2n) is 7.93. The van der Waals surface area contributed by atoms with Crippen molar-refractivity contribution >= 4 is 28.8 Å². The van der Waals surface area contributed by atoms with Crippen LogP contribution in [0.2, 0.25) is 0 Å². The van der Waals surface area contributed by atoms with Crippen LogP contribution in [-0.4, -0.2) is 8.07 Å². The van der Waals surface area contributed by atoms with Gasteiger partial charge >= 0.3 is 0 Å². The molecule has 0 radical (unpaired) electrons. The van der Waals surface area contributed by atoms with E-state index in [1.807, 2.05) is 60.7 Å². The molecule has 1 heteroatoms. The van der Waals surface area contributed by atoms with Crippen molar-refractivity contribution in [3.63, 3.8) is 0 Å². The predicted octanol–water partition coefficient (Wildman–Crippen LogP) is 5.04. The minimum atomic E-state index is -3.22. The molecule has 0 atom stereocenters. The molecule has 0 bridgehead atoms. The van der Waals surface area contributed by atoms with Crippen LogP contribution in [0.4, 0.5) is 0 Å². The highest BCUT2D eigenvalue weighted by molar-refractivity contribution is 7.19. The number of hydrogen-bond donors (Lipinski definition) is 0. The molecule has 0 fully saturated rings. The van der Waals surface area contributed by atoms with Gasteiger partial charge in [0.2, 0.25) is 0 Å². The van der Waals surface area contributed by atoms with Gasteiger partial charge in [0.1, 0.15) is 0 Å². The summed E-state index contributed by atoms with van der Waals surface area (Å²) in [5.41, 5.74) is 2.60. The molecule has 0 amide bonds. The highest BCUT2D eigenvalue weighted by atomic mass is 28.3. The molecule has 5 aromatic carbocycles. The lowest BCUT2D eigenvalue weighted by Gasteiger charge is -2.35. The fourth-order valence-electron chi connectivity index (χ4n) is 4.50. The summed E-state index contributed by atoms with van der Waals surface area (Å²) in [5.74, 6) is 0. The van der Waals surface area contributed by atoms with Gasteiger partial charge in [-0.2, -0.15) is 0 Å². The van der Waals surface area contributed by atoms with E-state index >= 15 is 0 Å². The topological polar surface area (TPSA) is 0 Å². The Kier molecular flexibility index (Phi) is 4.42. The smallest absolute Gasteiger partial charge is 0.0623 e. The van der Waals surface area contributed by atoms with Crippen LogP contribution in [0.5, 0.6) is 0 Å². The molecule has 0 saturated heterocycles. The van der Waals surface area contributed by atoms with Crippen molar-refractivity contribution in [3.05, 3.63) is 145 Å². The van der Waals surface area contributed by atoms with E-state index in [2.05, 4.69) is 54.6 Å². The Bertz CT molecular complexity index is 1450. The van der Waals surface area contributed by atoms with E-state index in [-0.39, 0.29) is 24.2 Å². The van der Waals surface area contributed by atoms with Crippen LogP contribution in [-0.2, 0) is 0 Å². The molecule has 0 N–H and O–H groups in total. The second-order valence-corrected chi connectivity index (χ2v) is 11.7. The standard InChI is InChI=1S/C31H26Si/c1-25-13-11-21-30(23-25)32(28-17-7-3-8-18-28,29-19-9-4-10-20-29)31-22-12-16-27(24-31)26-14-5-2-6-15-26/h2-24H,1H3/i11D,13D,21D,23D. The van der Waals surface area contributed by atoms with E-state index in [4.69, 9.17) is 4.11 Å². The minimum absolute atomic E-state index is 0.0277. The van der Waals surface area contributed by atoms with Gasteiger partial charge in [-0.1, -0.05) is 145 Å². The molecule has 0 aliphatic rings. The summed E-state index contributed by atoms with van der Waals surface area (Å²) in [4.78, 5) is 0. The lowest BCUT2D eigenvalue weighted by Crippen LogP contribution is -2.74. The SMILES string of the molecule is [2H]c1c([2H])c(C)c([2H])c([Si](c2ccccc2)(c2ccccc2)c2cccc(-c3ccccc3)c2)c1[2H]. The third-order valence-electron chi connectivity index (χ3n) is 5.94. The molecule has 0 saturated carbocycles. The Hall–Kier alpha value is -3.68. The van der Waals surface area contributed by atoms with Gasteiger partial charge in [0.25, 0.3) is 0 Å². The predicted molar refractivity (Wildman–Crippen MR) is 140 cm³/mol. The Labute approximate surface area is 197 Å². The van der Waals surface area contributed by atoms with Crippen molar-refractivity contribution in [2.75, 3.05) is 0 Å². The van der Waals surface area contributed by atoms with Crippen molar-refractivity contribution < 1.29 is 5.48 Å². The summed E-state index contributed by atoms with van der Waals surface area (Å²) in [6, 6.07) is 38.9. The van der Waals surface area contributed by atoms with E-state index in [0.717, 1.165) is 26.7 Å². The molecule has 5 rings (SSSR count). The van der Waals surface area contributed by atoms with Gasteiger partial charge in [-0.25, -0.2) is 0 Å². The molecule has 0 unspecified atom stereocenters. The number of benzene rings is 5. The molecule has 0 spiro atoms. The van der Waals surface area contributed by atoms with Gasteiger partial charge in [0, 0.05) is 0 Å². The van der Waals surface area contributed by atoms with Gasteiger partial charge in [0.05, 0.1) is 5.48 Å². The Morgan fingerprint density at radius 2 is 1.06 bits per heavy atom. The first-order chi connectivity index (χ1) is 17.5. The zero-order valence-corrected chi connectivity index (χ0v) is 19.0. The van der Waals surface area contributed by atoms with Crippen molar-refractivity contribution in [2.45, 2.75) is 6.92 Å². The van der Waals surface area contributed by atoms with Gasteiger partial charge < -0.3 is 0 Å². The van der Waals surface area contributed by atoms with E-state index in [9.17, 15) is 1.37 Å². The average molecular weight is 431 g/mol. The summed E-state index contributed by atoms with van der Waals surface area (Å²) >= 11 is 0. The van der Waals surface area contributed by atoms with Crippen molar-refractivity contribution in [3.8, 4) is 11.1 Å². The first kappa shape index (κ1) is 16.0. The monoisotopic (exact) mass is 430 g/mol. The third-order valence-corrected chi connectivity index (χ3v) is 10.5. The van der Waals surface area contributed by atoms with Crippen molar-refractivity contribution in [1.29, 1.82) is 0 Å². The Morgan fingerprint density at radius 1 is 0.531 bits per heavy atom. The zero-order chi connectivity index (χ0) is 25.3. The maximum Gasteiger partial charge on any atom is 0.179 e. The summed E-state index contributed by atoms with van der Waals surface area (Å²) in [5, 5.41) is 3.68. The lowest BCUT2D eigenvalue weighted by molar-refractivity contribution is 1.49. The largest absolute Gasteiger partial charge is 0.179 e. The van der Waals surface area contributed by atoms with E-state index < -0.39 is 8.07 Å². The second kappa shape index (κ2) is 8.82. The van der Waals surface area contributed by atoms with E-state index in [0.29, 0.717) is 10.8 Å². The van der Waals surface area contributed by atoms with Crippen LogP contribution in [0.15, 0.2) is 139 Å². The molecule has 0 aliphatic heterocycles. The van der Waals surface area contributed by atoms with Gasteiger partial charge in [0.15, 0.2) is 8.07 Å². The summed E-state index contributed by atoms with van der Waals surface area (Å²) in [6.07, 6.45) is 0. The number of rotatable bonds is 5. The normalized spacial score (nSPS) is 13.0. The Balaban J connectivity index is 1.98. The molecule has 5 aromatic rings. The third kappa shape index (κ3) is 3.61. The summed E-state index contributed by atoms with van der Waals surface area (Å²) < 4.78 is 35.3. The molecule has 0 heterocycles. The van der Waals surface area contributed by atoms with E-state index in [1.54, 1.807) is 6.92 Å². The quantitative estimate of drug-likeness (QED) is 0.271.